The van der Waals surface area contributed by atoms with Gasteiger partial charge in [0.1, 0.15) is 4.88 Å². The standard InChI is InChI=1S/C30H40N2O6S/c1-19-8-10-20(11-9-19)27(34)32(23-18-22(12-15-30(2,3)4)39-26(23)28(35)36)21-13-16-31(17-14-21)29(37)38-25-7-5-6-24(25)33/h18-21,25H,5-11,13-14,16-17H2,1-4H3,(H,35,36)/t19?,20?,25-/m0/s1. The number of thiophene rings is 1. The molecule has 1 aromatic rings. The average molecular weight is 557 g/mol. The van der Waals surface area contributed by atoms with Crippen molar-refractivity contribution in [2.45, 2.75) is 97.6 Å². The second-order valence-corrected chi connectivity index (χ2v) is 13.3. The van der Waals surface area contributed by atoms with Crippen LogP contribution in [-0.4, -0.2) is 59.0 Å². The summed E-state index contributed by atoms with van der Waals surface area (Å²) in [5.74, 6) is 5.58. The molecular weight excluding hydrogens is 516 g/mol. The molecule has 4 rings (SSSR count). The molecule has 0 bridgehead atoms. The maximum absolute atomic E-state index is 14.0. The third kappa shape index (κ3) is 7.21. The van der Waals surface area contributed by atoms with Crippen LogP contribution in [0.15, 0.2) is 6.07 Å². The van der Waals surface area contributed by atoms with Gasteiger partial charge in [-0.15, -0.1) is 11.3 Å². The van der Waals surface area contributed by atoms with E-state index in [4.69, 9.17) is 4.74 Å². The van der Waals surface area contributed by atoms with Crippen LogP contribution in [0.5, 0.6) is 0 Å². The molecule has 2 aliphatic carbocycles. The number of likely N-dealkylation sites (tertiary alicyclic amines) is 1. The van der Waals surface area contributed by atoms with Gasteiger partial charge in [-0.05, 0) is 84.1 Å². The fourth-order valence-corrected chi connectivity index (χ4v) is 6.48. The molecule has 2 saturated carbocycles. The fourth-order valence-electron chi connectivity index (χ4n) is 5.63. The van der Waals surface area contributed by atoms with E-state index in [-0.39, 0.29) is 33.9 Å². The van der Waals surface area contributed by atoms with E-state index in [9.17, 15) is 24.3 Å². The van der Waals surface area contributed by atoms with E-state index in [2.05, 4.69) is 18.8 Å². The molecule has 1 N–H and O–H groups in total. The Hall–Kier alpha value is -2.86. The average Bonchev–Trinajstić information content (AvgIpc) is 3.49. The zero-order valence-electron chi connectivity index (χ0n) is 23.5. The lowest BCUT2D eigenvalue weighted by Crippen LogP contribution is -2.51. The number of Topliss-reactive ketones (excluding diaryl/α,β-unsaturated/α-hetero) is 1. The summed E-state index contributed by atoms with van der Waals surface area (Å²) in [6.45, 7) is 8.93. The van der Waals surface area contributed by atoms with Crippen molar-refractivity contribution in [3.05, 3.63) is 15.8 Å². The molecule has 8 nitrogen and oxygen atoms in total. The SMILES string of the molecule is CC1CCC(C(=O)N(c2cc(C#CC(C)(C)C)sc2C(=O)O)C2CCN(C(=O)O[C@H]3CCCC3=O)CC2)CC1. The predicted octanol–water partition coefficient (Wildman–Crippen LogP) is 5.73. The van der Waals surface area contributed by atoms with Gasteiger partial charge >= 0.3 is 12.1 Å². The van der Waals surface area contributed by atoms with E-state index < -0.39 is 18.2 Å². The quantitative estimate of drug-likeness (QED) is 0.465. The van der Waals surface area contributed by atoms with Gasteiger partial charge in [-0.1, -0.05) is 18.8 Å². The first-order valence-corrected chi connectivity index (χ1v) is 15.0. The molecule has 2 heterocycles. The molecule has 3 aliphatic rings. The van der Waals surface area contributed by atoms with Crippen LogP contribution < -0.4 is 4.90 Å². The number of hydrogen-bond acceptors (Lipinski definition) is 6. The van der Waals surface area contributed by atoms with Crippen LogP contribution in [0.2, 0.25) is 0 Å². The lowest BCUT2D eigenvalue weighted by Gasteiger charge is -2.40. The highest BCUT2D eigenvalue weighted by molar-refractivity contribution is 7.15. The Morgan fingerprint density at radius 2 is 1.74 bits per heavy atom. The van der Waals surface area contributed by atoms with Gasteiger partial charge in [0, 0.05) is 36.9 Å². The van der Waals surface area contributed by atoms with Crippen LogP contribution >= 0.6 is 11.3 Å². The van der Waals surface area contributed by atoms with Gasteiger partial charge in [-0.25, -0.2) is 9.59 Å². The van der Waals surface area contributed by atoms with E-state index in [0.717, 1.165) is 43.4 Å². The molecule has 0 spiro atoms. The minimum atomic E-state index is -1.07. The molecule has 1 aromatic heterocycles. The normalized spacial score (nSPS) is 24.2. The summed E-state index contributed by atoms with van der Waals surface area (Å²) in [6, 6.07) is 1.51. The Kier molecular flexibility index (Phi) is 9.05. The summed E-state index contributed by atoms with van der Waals surface area (Å²) in [5, 5.41) is 10.1. The summed E-state index contributed by atoms with van der Waals surface area (Å²) in [5.41, 5.74) is 0.166. The Morgan fingerprint density at radius 1 is 1.08 bits per heavy atom. The van der Waals surface area contributed by atoms with Gasteiger partial charge in [0.05, 0.1) is 10.6 Å². The van der Waals surface area contributed by atoms with E-state index >= 15 is 0 Å². The number of carbonyl (C=O) groups excluding carboxylic acids is 3. The molecule has 1 atom stereocenters. The number of carboxylic acids is 1. The zero-order chi connectivity index (χ0) is 28.3. The predicted molar refractivity (Wildman–Crippen MR) is 150 cm³/mol. The Balaban J connectivity index is 1.58. The minimum absolute atomic E-state index is 0.0270. The second kappa shape index (κ2) is 12.1. The number of ketones is 1. The number of hydrogen-bond donors (Lipinski definition) is 1. The summed E-state index contributed by atoms with van der Waals surface area (Å²) in [6.07, 6.45) is 5.16. The summed E-state index contributed by atoms with van der Waals surface area (Å²) in [4.78, 5) is 55.1. The number of aromatic carboxylic acids is 1. The van der Waals surface area contributed by atoms with E-state index in [1.54, 1.807) is 15.9 Å². The molecule has 2 amide bonds. The number of anilines is 1. The molecular formula is C30H40N2O6S. The number of ether oxygens (including phenoxy) is 1. The summed E-state index contributed by atoms with van der Waals surface area (Å²) in [7, 11) is 0. The van der Waals surface area contributed by atoms with Crippen LogP contribution in [-0.2, 0) is 14.3 Å². The number of amides is 2. The largest absolute Gasteiger partial charge is 0.477 e. The van der Waals surface area contributed by atoms with Gasteiger partial charge < -0.3 is 19.6 Å². The monoisotopic (exact) mass is 556 g/mol. The molecule has 9 heteroatoms. The van der Waals surface area contributed by atoms with Gasteiger partial charge in [0.15, 0.2) is 11.9 Å². The summed E-state index contributed by atoms with van der Waals surface area (Å²) < 4.78 is 5.47. The van der Waals surface area contributed by atoms with Crippen LogP contribution in [0, 0.1) is 29.1 Å². The van der Waals surface area contributed by atoms with Crippen molar-refractivity contribution in [3.8, 4) is 11.8 Å². The Morgan fingerprint density at radius 3 is 2.31 bits per heavy atom. The van der Waals surface area contributed by atoms with E-state index in [1.165, 1.54) is 0 Å². The van der Waals surface area contributed by atoms with Crippen LogP contribution in [0.1, 0.15) is 100 Å². The number of piperidine rings is 1. The molecule has 1 aliphatic heterocycles. The molecule has 1 saturated heterocycles. The van der Waals surface area contributed by atoms with Gasteiger partial charge in [-0.3, -0.25) is 9.59 Å². The number of nitrogens with zero attached hydrogens (tertiary/aromatic N) is 2. The third-order valence-electron chi connectivity index (χ3n) is 7.91. The van der Waals surface area contributed by atoms with Crippen molar-refractivity contribution in [2.24, 2.45) is 17.3 Å². The first kappa shape index (κ1) is 29.1. The Bertz CT molecular complexity index is 1160. The lowest BCUT2D eigenvalue weighted by molar-refractivity contribution is -0.125. The second-order valence-electron chi connectivity index (χ2n) is 12.2. The zero-order valence-corrected chi connectivity index (χ0v) is 24.3. The molecule has 0 unspecified atom stereocenters. The molecule has 39 heavy (non-hydrogen) atoms. The first-order chi connectivity index (χ1) is 18.4. The van der Waals surface area contributed by atoms with E-state index in [1.807, 2.05) is 20.8 Å². The highest BCUT2D eigenvalue weighted by atomic mass is 32.1. The maximum Gasteiger partial charge on any atom is 0.410 e. The molecule has 0 radical (unpaired) electrons. The number of carboxylic acid groups (broad SMARTS) is 1. The van der Waals surface area contributed by atoms with Gasteiger partial charge in [0.25, 0.3) is 0 Å². The highest BCUT2D eigenvalue weighted by Gasteiger charge is 2.38. The van der Waals surface area contributed by atoms with Crippen molar-refractivity contribution in [1.82, 2.24) is 4.90 Å². The van der Waals surface area contributed by atoms with Gasteiger partial charge in [-0.2, -0.15) is 0 Å². The maximum atomic E-state index is 14.0. The molecule has 0 aromatic carbocycles. The number of carbonyl (C=O) groups is 4. The first-order valence-electron chi connectivity index (χ1n) is 14.1. The van der Waals surface area contributed by atoms with Crippen molar-refractivity contribution in [3.63, 3.8) is 0 Å². The van der Waals surface area contributed by atoms with Crippen molar-refractivity contribution in [2.75, 3.05) is 18.0 Å². The smallest absolute Gasteiger partial charge is 0.410 e. The van der Waals surface area contributed by atoms with Crippen molar-refractivity contribution < 1.29 is 29.0 Å². The van der Waals surface area contributed by atoms with Crippen molar-refractivity contribution in [1.29, 1.82) is 0 Å². The third-order valence-corrected chi connectivity index (χ3v) is 8.94. The van der Waals surface area contributed by atoms with Crippen LogP contribution in [0.3, 0.4) is 0 Å². The number of rotatable bonds is 5. The topological polar surface area (TPSA) is 104 Å². The van der Waals surface area contributed by atoms with E-state index in [0.29, 0.717) is 55.3 Å². The lowest BCUT2D eigenvalue weighted by atomic mass is 9.82. The fraction of sp³-hybridized carbons (Fsp3) is 0.667. The van der Waals surface area contributed by atoms with Crippen molar-refractivity contribution >= 4 is 40.8 Å². The molecule has 3 fully saturated rings. The highest BCUT2D eigenvalue weighted by Crippen LogP contribution is 2.38. The van der Waals surface area contributed by atoms with Crippen LogP contribution in [0.4, 0.5) is 10.5 Å². The van der Waals surface area contributed by atoms with Gasteiger partial charge in [0.2, 0.25) is 5.91 Å². The summed E-state index contributed by atoms with van der Waals surface area (Å²) >= 11 is 1.10. The molecule has 212 valence electrons. The minimum Gasteiger partial charge on any atom is -0.477 e. The Labute approximate surface area is 235 Å². The van der Waals surface area contributed by atoms with Crippen LogP contribution in [0.25, 0.3) is 0 Å².